The van der Waals surface area contributed by atoms with Crippen molar-refractivity contribution >= 4 is 5.78 Å². The molecule has 1 aliphatic rings. The lowest BCUT2D eigenvalue weighted by Crippen LogP contribution is -2.32. The number of fused-ring (bicyclic) bond motifs is 1. The first-order valence-electron chi connectivity index (χ1n) is 5.30. The quantitative estimate of drug-likeness (QED) is 0.661. The van der Waals surface area contributed by atoms with E-state index in [4.69, 9.17) is 0 Å². The highest BCUT2D eigenvalue weighted by atomic mass is 16.1. The lowest BCUT2D eigenvalue weighted by atomic mass is 9.70. The zero-order valence-corrected chi connectivity index (χ0v) is 8.84. The van der Waals surface area contributed by atoms with Crippen LogP contribution in [-0.2, 0) is 6.42 Å². The molecule has 0 spiro atoms. The van der Waals surface area contributed by atoms with Crippen LogP contribution in [0.25, 0.3) is 0 Å². The van der Waals surface area contributed by atoms with E-state index >= 15 is 0 Å². The van der Waals surface area contributed by atoms with Crippen molar-refractivity contribution < 1.29 is 4.79 Å². The number of rotatable bonds is 1. The molecular weight excluding hydrogens is 172 g/mol. The summed E-state index contributed by atoms with van der Waals surface area (Å²) < 4.78 is 0. The Balaban J connectivity index is 2.46. The first-order chi connectivity index (χ1) is 6.67. The van der Waals surface area contributed by atoms with E-state index in [0.717, 1.165) is 24.8 Å². The number of hydrogen-bond acceptors (Lipinski definition) is 1. The van der Waals surface area contributed by atoms with Crippen molar-refractivity contribution in [1.82, 2.24) is 0 Å². The van der Waals surface area contributed by atoms with Crippen molar-refractivity contribution in [2.45, 2.75) is 33.1 Å². The number of hydrogen-bond donors (Lipinski definition) is 0. The topological polar surface area (TPSA) is 17.1 Å². The first kappa shape index (κ1) is 9.45. The van der Waals surface area contributed by atoms with Gasteiger partial charge in [-0.25, -0.2) is 0 Å². The van der Waals surface area contributed by atoms with E-state index in [1.807, 2.05) is 18.2 Å². The molecule has 1 atom stereocenters. The van der Waals surface area contributed by atoms with Crippen LogP contribution >= 0.6 is 0 Å². The Morgan fingerprint density at radius 2 is 2.07 bits per heavy atom. The van der Waals surface area contributed by atoms with Gasteiger partial charge in [0.25, 0.3) is 0 Å². The summed E-state index contributed by atoms with van der Waals surface area (Å²) in [6.07, 6.45) is 2.99. The summed E-state index contributed by atoms with van der Waals surface area (Å²) in [5.74, 6) is 0.335. The van der Waals surface area contributed by atoms with Gasteiger partial charge in [-0.2, -0.15) is 0 Å². The van der Waals surface area contributed by atoms with Crippen molar-refractivity contribution in [3.63, 3.8) is 0 Å². The molecule has 0 saturated heterocycles. The average molecular weight is 188 g/mol. The van der Waals surface area contributed by atoms with Gasteiger partial charge in [-0.1, -0.05) is 38.1 Å². The summed E-state index contributed by atoms with van der Waals surface area (Å²) in [6, 6.07) is 8.01. The lowest BCUT2D eigenvalue weighted by molar-refractivity contribution is 0.0778. The molecule has 1 nitrogen and oxygen atoms in total. The van der Waals surface area contributed by atoms with Crippen LogP contribution in [0.5, 0.6) is 0 Å². The zero-order chi connectivity index (χ0) is 10.2. The molecule has 1 aliphatic carbocycles. The highest BCUT2D eigenvalue weighted by Gasteiger charge is 2.36. The number of carbonyl (C=O) groups is 1. The smallest absolute Gasteiger partial charge is 0.168 e. The summed E-state index contributed by atoms with van der Waals surface area (Å²) in [6.45, 7) is 4.19. The molecule has 0 fully saturated rings. The third-order valence-electron chi connectivity index (χ3n) is 3.54. The lowest BCUT2D eigenvalue weighted by Gasteiger charge is -2.32. The third-order valence-corrected chi connectivity index (χ3v) is 3.54. The Labute approximate surface area is 85.1 Å². The SMILES string of the molecule is CC[C@]1(C)CCc2ccccc2C1=O. The van der Waals surface area contributed by atoms with Gasteiger partial charge in [0.15, 0.2) is 5.78 Å². The van der Waals surface area contributed by atoms with E-state index in [-0.39, 0.29) is 5.41 Å². The molecule has 0 amide bonds. The zero-order valence-electron chi connectivity index (χ0n) is 8.84. The van der Waals surface area contributed by atoms with E-state index in [1.165, 1.54) is 5.56 Å². The summed E-state index contributed by atoms with van der Waals surface area (Å²) in [5, 5.41) is 0. The van der Waals surface area contributed by atoms with E-state index in [9.17, 15) is 4.79 Å². The van der Waals surface area contributed by atoms with Gasteiger partial charge in [0.1, 0.15) is 0 Å². The number of Topliss-reactive ketones (excluding diaryl/α,β-unsaturated/α-hetero) is 1. The molecular formula is C13H16O. The van der Waals surface area contributed by atoms with Crippen LogP contribution in [0.15, 0.2) is 24.3 Å². The molecule has 0 radical (unpaired) electrons. The van der Waals surface area contributed by atoms with Crippen LogP contribution in [-0.4, -0.2) is 5.78 Å². The summed E-state index contributed by atoms with van der Waals surface area (Å²) in [5.41, 5.74) is 2.06. The predicted molar refractivity (Wildman–Crippen MR) is 57.5 cm³/mol. The normalized spacial score (nSPS) is 26.0. The molecule has 2 rings (SSSR count). The summed E-state index contributed by atoms with van der Waals surface area (Å²) in [4.78, 5) is 12.2. The van der Waals surface area contributed by atoms with Crippen LogP contribution in [0, 0.1) is 5.41 Å². The molecule has 0 N–H and O–H groups in total. The second-order valence-corrected chi connectivity index (χ2v) is 4.40. The predicted octanol–water partition coefficient (Wildman–Crippen LogP) is 3.23. The van der Waals surface area contributed by atoms with Crippen LogP contribution < -0.4 is 0 Å². The third kappa shape index (κ3) is 1.28. The molecule has 74 valence electrons. The molecule has 0 aromatic heterocycles. The van der Waals surface area contributed by atoms with E-state index in [0.29, 0.717) is 5.78 Å². The maximum Gasteiger partial charge on any atom is 0.168 e. The van der Waals surface area contributed by atoms with Crippen LogP contribution in [0.1, 0.15) is 42.6 Å². The fourth-order valence-corrected chi connectivity index (χ4v) is 2.15. The number of carbonyl (C=O) groups excluding carboxylic acids is 1. The molecule has 0 aliphatic heterocycles. The minimum Gasteiger partial charge on any atom is -0.294 e. The van der Waals surface area contributed by atoms with Gasteiger partial charge in [0.2, 0.25) is 0 Å². The van der Waals surface area contributed by atoms with Gasteiger partial charge in [-0.3, -0.25) is 4.79 Å². The highest BCUT2D eigenvalue weighted by molar-refractivity contribution is 6.02. The Morgan fingerprint density at radius 1 is 1.36 bits per heavy atom. The Morgan fingerprint density at radius 3 is 2.79 bits per heavy atom. The average Bonchev–Trinajstić information content (AvgIpc) is 2.24. The second-order valence-electron chi connectivity index (χ2n) is 4.40. The van der Waals surface area contributed by atoms with Gasteiger partial charge in [0.05, 0.1) is 0 Å². The Kier molecular flexibility index (Phi) is 2.18. The summed E-state index contributed by atoms with van der Waals surface area (Å²) >= 11 is 0. The van der Waals surface area contributed by atoms with Crippen LogP contribution in [0.4, 0.5) is 0 Å². The van der Waals surface area contributed by atoms with Crippen molar-refractivity contribution in [3.8, 4) is 0 Å². The largest absolute Gasteiger partial charge is 0.294 e. The standard InChI is InChI=1S/C13H16O/c1-3-13(2)9-8-10-6-4-5-7-11(10)12(13)14/h4-7H,3,8-9H2,1-2H3/t13-/m1/s1. The second kappa shape index (κ2) is 3.23. The van der Waals surface area contributed by atoms with Gasteiger partial charge >= 0.3 is 0 Å². The molecule has 0 heterocycles. The number of aryl methyl sites for hydroxylation is 1. The van der Waals surface area contributed by atoms with E-state index in [2.05, 4.69) is 19.9 Å². The van der Waals surface area contributed by atoms with Crippen molar-refractivity contribution in [3.05, 3.63) is 35.4 Å². The minimum absolute atomic E-state index is 0.117. The van der Waals surface area contributed by atoms with Crippen molar-refractivity contribution in [1.29, 1.82) is 0 Å². The van der Waals surface area contributed by atoms with Gasteiger partial charge < -0.3 is 0 Å². The molecule has 1 aromatic rings. The summed E-state index contributed by atoms with van der Waals surface area (Å²) in [7, 11) is 0. The van der Waals surface area contributed by atoms with Gasteiger partial charge in [-0.15, -0.1) is 0 Å². The molecule has 1 heteroatoms. The maximum atomic E-state index is 12.2. The first-order valence-corrected chi connectivity index (χ1v) is 5.30. The fourth-order valence-electron chi connectivity index (χ4n) is 2.15. The van der Waals surface area contributed by atoms with Crippen LogP contribution in [0.3, 0.4) is 0 Å². The minimum atomic E-state index is -0.117. The molecule has 1 aromatic carbocycles. The Bertz CT molecular complexity index is 367. The van der Waals surface area contributed by atoms with Crippen molar-refractivity contribution in [2.24, 2.45) is 5.41 Å². The van der Waals surface area contributed by atoms with Gasteiger partial charge in [0, 0.05) is 11.0 Å². The molecule has 0 bridgehead atoms. The Hall–Kier alpha value is -1.11. The maximum absolute atomic E-state index is 12.2. The fraction of sp³-hybridized carbons (Fsp3) is 0.462. The van der Waals surface area contributed by atoms with Crippen molar-refractivity contribution in [2.75, 3.05) is 0 Å². The van der Waals surface area contributed by atoms with E-state index < -0.39 is 0 Å². The highest BCUT2D eigenvalue weighted by Crippen LogP contribution is 2.37. The number of benzene rings is 1. The number of ketones is 1. The van der Waals surface area contributed by atoms with E-state index in [1.54, 1.807) is 0 Å². The monoisotopic (exact) mass is 188 g/mol. The molecule has 0 unspecified atom stereocenters. The van der Waals surface area contributed by atoms with Gasteiger partial charge in [-0.05, 0) is 24.8 Å². The molecule has 0 saturated carbocycles. The molecule has 14 heavy (non-hydrogen) atoms. The van der Waals surface area contributed by atoms with Crippen LogP contribution in [0.2, 0.25) is 0 Å².